The lowest BCUT2D eigenvalue weighted by Gasteiger charge is -2.23. The molecule has 1 aromatic carbocycles. The molecular formula is C16H23NO4. The molecule has 0 amide bonds. The number of rotatable bonds is 6. The average Bonchev–Trinajstić information content (AvgIpc) is 2.90. The Hall–Kier alpha value is -1.75. The zero-order valence-electron chi connectivity index (χ0n) is 12.5. The number of carbonyl (C=O) groups is 1. The van der Waals surface area contributed by atoms with Crippen LogP contribution < -0.4 is 4.74 Å². The zero-order valence-corrected chi connectivity index (χ0v) is 12.5. The number of hydrogen-bond donors (Lipinski definition) is 2. The van der Waals surface area contributed by atoms with Crippen LogP contribution in [0.4, 0.5) is 0 Å². The maximum Gasteiger partial charge on any atom is 0.310 e. The Balaban J connectivity index is 1.97. The quantitative estimate of drug-likeness (QED) is 0.841. The van der Waals surface area contributed by atoms with Crippen molar-refractivity contribution in [3.63, 3.8) is 0 Å². The average molecular weight is 293 g/mol. The molecule has 0 saturated carbocycles. The van der Waals surface area contributed by atoms with Crippen LogP contribution in [0.25, 0.3) is 0 Å². The van der Waals surface area contributed by atoms with E-state index in [9.17, 15) is 15.0 Å². The first-order valence-electron chi connectivity index (χ1n) is 7.36. The Bertz CT molecular complexity index is 489. The molecule has 1 aliphatic heterocycles. The SMILES string of the molecule is CC(C)N1CCC(C(COc2ccccc2O)C(=O)O)C1. The highest BCUT2D eigenvalue weighted by Crippen LogP contribution is 2.29. The van der Waals surface area contributed by atoms with Crippen LogP contribution in [-0.2, 0) is 4.79 Å². The summed E-state index contributed by atoms with van der Waals surface area (Å²) in [7, 11) is 0. The third-order valence-electron chi connectivity index (χ3n) is 4.16. The van der Waals surface area contributed by atoms with E-state index in [4.69, 9.17) is 4.74 Å². The highest BCUT2D eigenvalue weighted by atomic mass is 16.5. The first kappa shape index (κ1) is 15.6. The number of phenolic OH excluding ortho intramolecular Hbond substituents is 1. The van der Waals surface area contributed by atoms with Crippen LogP contribution in [0.1, 0.15) is 20.3 Å². The molecule has 5 heteroatoms. The van der Waals surface area contributed by atoms with E-state index >= 15 is 0 Å². The summed E-state index contributed by atoms with van der Waals surface area (Å²) in [5, 5.41) is 19.1. The summed E-state index contributed by atoms with van der Waals surface area (Å²) in [6.45, 7) is 6.05. The minimum Gasteiger partial charge on any atom is -0.504 e. The van der Waals surface area contributed by atoms with Crippen molar-refractivity contribution in [3.05, 3.63) is 24.3 Å². The molecule has 0 spiro atoms. The smallest absolute Gasteiger partial charge is 0.310 e. The van der Waals surface area contributed by atoms with E-state index in [1.54, 1.807) is 18.2 Å². The molecule has 21 heavy (non-hydrogen) atoms. The number of nitrogens with zero attached hydrogens (tertiary/aromatic N) is 1. The molecule has 1 aliphatic rings. The van der Waals surface area contributed by atoms with Gasteiger partial charge in [-0.15, -0.1) is 0 Å². The van der Waals surface area contributed by atoms with Gasteiger partial charge in [-0.05, 0) is 44.9 Å². The van der Waals surface area contributed by atoms with E-state index in [1.165, 1.54) is 6.07 Å². The Morgan fingerprint density at radius 2 is 2.14 bits per heavy atom. The molecule has 2 rings (SSSR count). The van der Waals surface area contributed by atoms with Gasteiger partial charge in [-0.25, -0.2) is 0 Å². The van der Waals surface area contributed by atoms with Crippen LogP contribution in [0.2, 0.25) is 0 Å². The summed E-state index contributed by atoms with van der Waals surface area (Å²) in [6, 6.07) is 7.06. The lowest BCUT2D eigenvalue weighted by Crippen LogP contribution is -2.33. The minimum absolute atomic E-state index is 0.0388. The fourth-order valence-electron chi connectivity index (χ4n) is 2.78. The van der Waals surface area contributed by atoms with Gasteiger partial charge in [0.05, 0.1) is 5.92 Å². The summed E-state index contributed by atoms with van der Waals surface area (Å²) >= 11 is 0. The first-order chi connectivity index (χ1) is 9.99. The molecule has 2 N–H and O–H groups in total. The number of ether oxygens (including phenoxy) is 1. The van der Waals surface area contributed by atoms with Crippen LogP contribution in [-0.4, -0.2) is 46.8 Å². The van der Waals surface area contributed by atoms with Gasteiger partial charge in [0.2, 0.25) is 0 Å². The Labute approximate surface area is 125 Å². The van der Waals surface area contributed by atoms with E-state index in [-0.39, 0.29) is 18.3 Å². The van der Waals surface area contributed by atoms with Crippen LogP contribution >= 0.6 is 0 Å². The molecule has 1 saturated heterocycles. The highest BCUT2D eigenvalue weighted by Gasteiger charge is 2.35. The van der Waals surface area contributed by atoms with Gasteiger partial charge in [-0.2, -0.15) is 0 Å². The molecular weight excluding hydrogens is 270 g/mol. The topological polar surface area (TPSA) is 70.0 Å². The van der Waals surface area contributed by atoms with E-state index in [2.05, 4.69) is 18.7 Å². The van der Waals surface area contributed by atoms with Crippen LogP contribution in [0.15, 0.2) is 24.3 Å². The third kappa shape index (κ3) is 3.88. The van der Waals surface area contributed by atoms with Gasteiger partial charge in [-0.3, -0.25) is 4.79 Å². The number of aromatic hydroxyl groups is 1. The first-order valence-corrected chi connectivity index (χ1v) is 7.36. The Morgan fingerprint density at radius 1 is 1.43 bits per heavy atom. The van der Waals surface area contributed by atoms with Crippen molar-refractivity contribution in [2.75, 3.05) is 19.7 Å². The van der Waals surface area contributed by atoms with E-state index in [1.807, 2.05) is 0 Å². The highest BCUT2D eigenvalue weighted by molar-refractivity contribution is 5.70. The van der Waals surface area contributed by atoms with Crippen LogP contribution in [0.5, 0.6) is 11.5 Å². The predicted octanol–water partition coefficient (Wildman–Crippen LogP) is 2.20. The summed E-state index contributed by atoms with van der Waals surface area (Å²) in [4.78, 5) is 13.8. The molecule has 1 aromatic rings. The second-order valence-corrected chi connectivity index (χ2v) is 5.86. The maximum absolute atomic E-state index is 11.5. The fourth-order valence-corrected chi connectivity index (χ4v) is 2.78. The van der Waals surface area contributed by atoms with Gasteiger partial charge in [0, 0.05) is 12.6 Å². The van der Waals surface area contributed by atoms with Crippen molar-refractivity contribution in [2.24, 2.45) is 11.8 Å². The van der Waals surface area contributed by atoms with Gasteiger partial charge in [0.15, 0.2) is 11.5 Å². The Kier molecular flexibility index (Phi) is 5.07. The van der Waals surface area contributed by atoms with Gasteiger partial charge in [0.25, 0.3) is 0 Å². The number of benzene rings is 1. The predicted molar refractivity (Wildman–Crippen MR) is 79.5 cm³/mol. The molecule has 1 heterocycles. The molecule has 116 valence electrons. The van der Waals surface area contributed by atoms with Crippen molar-refractivity contribution < 1.29 is 19.7 Å². The summed E-state index contributed by atoms with van der Waals surface area (Å²) in [5.41, 5.74) is 0. The lowest BCUT2D eigenvalue weighted by molar-refractivity contribution is -0.144. The molecule has 5 nitrogen and oxygen atoms in total. The van der Waals surface area contributed by atoms with Crippen molar-refractivity contribution in [3.8, 4) is 11.5 Å². The molecule has 0 radical (unpaired) electrons. The monoisotopic (exact) mass is 293 g/mol. The molecule has 2 atom stereocenters. The number of hydrogen-bond acceptors (Lipinski definition) is 4. The van der Waals surface area contributed by atoms with Crippen molar-refractivity contribution in [1.29, 1.82) is 0 Å². The van der Waals surface area contributed by atoms with Gasteiger partial charge in [0.1, 0.15) is 6.61 Å². The normalized spacial score (nSPS) is 20.6. The second-order valence-electron chi connectivity index (χ2n) is 5.86. The number of para-hydroxylation sites is 2. The van der Waals surface area contributed by atoms with E-state index in [0.717, 1.165) is 19.5 Å². The molecule has 2 unspecified atom stereocenters. The molecule has 0 aromatic heterocycles. The maximum atomic E-state index is 11.5. The van der Waals surface area contributed by atoms with Gasteiger partial charge in [-0.1, -0.05) is 12.1 Å². The molecule has 0 bridgehead atoms. The number of carboxylic acid groups (broad SMARTS) is 1. The van der Waals surface area contributed by atoms with Crippen molar-refractivity contribution >= 4 is 5.97 Å². The van der Waals surface area contributed by atoms with Gasteiger partial charge >= 0.3 is 5.97 Å². The number of phenols is 1. The van der Waals surface area contributed by atoms with Crippen molar-refractivity contribution in [1.82, 2.24) is 4.90 Å². The molecule has 0 aliphatic carbocycles. The zero-order chi connectivity index (χ0) is 15.4. The fraction of sp³-hybridized carbons (Fsp3) is 0.562. The number of likely N-dealkylation sites (tertiary alicyclic amines) is 1. The van der Waals surface area contributed by atoms with Crippen molar-refractivity contribution in [2.45, 2.75) is 26.3 Å². The lowest BCUT2D eigenvalue weighted by atomic mass is 9.92. The Morgan fingerprint density at radius 3 is 2.71 bits per heavy atom. The standard InChI is InChI=1S/C16H23NO4/c1-11(2)17-8-7-12(9-17)13(16(19)20)10-21-15-6-4-3-5-14(15)18/h3-6,11-13,18H,7-10H2,1-2H3,(H,19,20). The van der Waals surface area contributed by atoms with Gasteiger partial charge < -0.3 is 19.8 Å². The van der Waals surface area contributed by atoms with Crippen LogP contribution in [0.3, 0.4) is 0 Å². The second kappa shape index (κ2) is 6.80. The summed E-state index contributed by atoms with van der Waals surface area (Å²) in [6.07, 6.45) is 0.874. The van der Waals surface area contributed by atoms with E-state index < -0.39 is 11.9 Å². The minimum atomic E-state index is -0.832. The molecule has 1 fully saturated rings. The summed E-state index contributed by atoms with van der Waals surface area (Å²) in [5.74, 6) is -0.913. The number of aliphatic carboxylic acids is 1. The van der Waals surface area contributed by atoms with Crippen LogP contribution in [0, 0.1) is 11.8 Å². The van der Waals surface area contributed by atoms with E-state index in [0.29, 0.717) is 11.8 Å². The summed E-state index contributed by atoms with van der Waals surface area (Å²) < 4.78 is 5.52. The third-order valence-corrected chi connectivity index (χ3v) is 4.16. The number of carboxylic acids is 1. The largest absolute Gasteiger partial charge is 0.504 e.